The van der Waals surface area contributed by atoms with Crippen LogP contribution in [0.25, 0.3) is 16.0 Å². The number of nitrogens with zero attached hydrogens (tertiary/aromatic N) is 4. The molecule has 0 aliphatic carbocycles. The third-order valence-corrected chi connectivity index (χ3v) is 5.86. The summed E-state index contributed by atoms with van der Waals surface area (Å²) in [4.78, 5) is 19.2. The van der Waals surface area contributed by atoms with Crippen LogP contribution in [0.1, 0.15) is 16.8 Å². The Labute approximate surface area is 173 Å². The Morgan fingerprint density at radius 1 is 1.10 bits per heavy atom. The number of benzene rings is 2. The molecule has 2 aromatic carbocycles. The number of rotatable bonds is 5. The maximum Gasteiger partial charge on any atom is 0.243 e. The monoisotopic (exact) mass is 405 g/mol. The quantitative estimate of drug-likeness (QED) is 0.532. The van der Waals surface area contributed by atoms with Crippen LogP contribution in [0.2, 0.25) is 0 Å². The Hall–Kier alpha value is -3.19. The third-order valence-electron chi connectivity index (χ3n) is 4.59. The van der Waals surface area contributed by atoms with Crippen LogP contribution in [0.4, 0.5) is 10.8 Å². The second kappa shape index (κ2) is 7.67. The van der Waals surface area contributed by atoms with Crippen LogP contribution in [-0.4, -0.2) is 34.3 Å². The van der Waals surface area contributed by atoms with Crippen LogP contribution in [-0.2, 0) is 4.79 Å². The van der Waals surface area contributed by atoms with Crippen LogP contribution in [0.15, 0.2) is 48.5 Å². The fourth-order valence-electron chi connectivity index (χ4n) is 3.37. The maximum atomic E-state index is 12.5. The molecule has 2 heterocycles. The van der Waals surface area contributed by atoms with Crippen molar-refractivity contribution in [2.45, 2.75) is 20.8 Å². The van der Waals surface area contributed by atoms with Crippen LogP contribution in [0, 0.1) is 20.8 Å². The number of thiazole rings is 1. The first-order chi connectivity index (χ1) is 13.9. The highest BCUT2D eigenvalue weighted by atomic mass is 32.1. The van der Waals surface area contributed by atoms with Crippen LogP contribution in [0.5, 0.6) is 0 Å². The van der Waals surface area contributed by atoms with Gasteiger partial charge in [0.2, 0.25) is 5.91 Å². The number of carbonyl (C=O) groups is 1. The molecule has 0 radical (unpaired) electrons. The summed E-state index contributed by atoms with van der Waals surface area (Å²) in [6.07, 6.45) is 0. The van der Waals surface area contributed by atoms with E-state index in [4.69, 9.17) is 4.98 Å². The van der Waals surface area contributed by atoms with Gasteiger partial charge in [-0.1, -0.05) is 35.6 Å². The molecule has 1 N–H and O–H groups in total. The second-order valence-electron chi connectivity index (χ2n) is 7.26. The lowest BCUT2D eigenvalue weighted by Gasteiger charge is -2.15. The number of fused-ring (bicyclic) bond motifs is 1. The number of hydrogen-bond acceptors (Lipinski definition) is 5. The smallest absolute Gasteiger partial charge is 0.243 e. The van der Waals surface area contributed by atoms with Gasteiger partial charge in [-0.25, -0.2) is 4.68 Å². The van der Waals surface area contributed by atoms with E-state index in [9.17, 15) is 4.79 Å². The molecular formula is C22H23N5OS. The predicted octanol–water partition coefficient (Wildman–Crippen LogP) is 4.48. The molecule has 0 spiro atoms. The Kier molecular flexibility index (Phi) is 5.07. The van der Waals surface area contributed by atoms with Crippen molar-refractivity contribution in [1.82, 2.24) is 14.8 Å². The minimum atomic E-state index is -0.0711. The van der Waals surface area contributed by atoms with Gasteiger partial charge in [-0.3, -0.25) is 4.79 Å². The lowest BCUT2D eigenvalue weighted by molar-refractivity contribution is -0.114. The number of likely N-dealkylation sites (N-methyl/N-ethyl adjacent to an activating group) is 1. The molecule has 29 heavy (non-hydrogen) atoms. The van der Waals surface area contributed by atoms with E-state index in [1.807, 2.05) is 79.9 Å². The lowest BCUT2D eigenvalue weighted by atomic mass is 10.1. The summed E-state index contributed by atoms with van der Waals surface area (Å²) in [7, 11) is 1.88. The Balaban J connectivity index is 1.54. The molecule has 6 nitrogen and oxygen atoms in total. The highest BCUT2D eigenvalue weighted by Gasteiger charge is 2.18. The molecule has 7 heteroatoms. The van der Waals surface area contributed by atoms with Crippen molar-refractivity contribution in [3.05, 3.63) is 65.4 Å². The molecular weight excluding hydrogens is 382 g/mol. The minimum absolute atomic E-state index is 0.0711. The van der Waals surface area contributed by atoms with E-state index in [1.54, 1.807) is 11.3 Å². The van der Waals surface area contributed by atoms with E-state index in [2.05, 4.69) is 16.5 Å². The second-order valence-corrected chi connectivity index (χ2v) is 8.24. The molecule has 0 aliphatic rings. The van der Waals surface area contributed by atoms with E-state index in [1.165, 1.54) is 0 Å². The van der Waals surface area contributed by atoms with Gasteiger partial charge >= 0.3 is 0 Å². The van der Waals surface area contributed by atoms with Gasteiger partial charge in [-0.15, -0.1) is 0 Å². The number of aromatic nitrogens is 3. The van der Waals surface area contributed by atoms with Gasteiger partial charge in [0.05, 0.1) is 22.6 Å². The molecule has 0 unspecified atom stereocenters. The van der Waals surface area contributed by atoms with Crippen molar-refractivity contribution in [3.8, 4) is 5.69 Å². The topological polar surface area (TPSA) is 63.1 Å². The summed E-state index contributed by atoms with van der Waals surface area (Å²) < 4.78 is 2.89. The normalized spacial score (nSPS) is 11.0. The fraction of sp³-hybridized carbons (Fsp3) is 0.227. The van der Waals surface area contributed by atoms with Gasteiger partial charge in [0.1, 0.15) is 0 Å². The number of hydrogen-bond donors (Lipinski definition) is 1. The van der Waals surface area contributed by atoms with Gasteiger partial charge in [-0.05, 0) is 56.2 Å². The number of aryl methyl sites for hydroxylation is 3. The minimum Gasteiger partial charge on any atom is -0.342 e. The standard InChI is InChI=1S/C22H23N5OS/c1-14-10-15(2)12-17(11-14)23-19(28)13-26(4)22-24-21-20(29-22)16(3)25-27(21)18-8-6-5-7-9-18/h5-12H,13H2,1-4H3,(H,23,28). The van der Waals surface area contributed by atoms with Crippen LogP contribution < -0.4 is 10.2 Å². The molecule has 4 rings (SSSR count). The summed E-state index contributed by atoms with van der Waals surface area (Å²) in [5.74, 6) is -0.0711. The molecule has 0 aliphatic heterocycles. The molecule has 4 aromatic rings. The zero-order chi connectivity index (χ0) is 20.5. The van der Waals surface area contributed by atoms with E-state index in [0.717, 1.165) is 43.7 Å². The number of amides is 1. The summed E-state index contributed by atoms with van der Waals surface area (Å²) >= 11 is 1.55. The van der Waals surface area contributed by atoms with Crippen molar-refractivity contribution < 1.29 is 4.79 Å². The SMILES string of the molecule is Cc1cc(C)cc(NC(=O)CN(C)c2nc3c(s2)c(C)nn3-c2ccccc2)c1. The highest BCUT2D eigenvalue weighted by molar-refractivity contribution is 7.22. The largest absolute Gasteiger partial charge is 0.342 e. The van der Waals surface area contributed by atoms with Crippen molar-refractivity contribution in [3.63, 3.8) is 0 Å². The number of nitrogens with one attached hydrogen (secondary N) is 1. The summed E-state index contributed by atoms with van der Waals surface area (Å²) in [5.41, 5.74) is 5.79. The Bertz CT molecular complexity index is 1160. The van der Waals surface area contributed by atoms with Gasteiger partial charge < -0.3 is 10.2 Å². The van der Waals surface area contributed by atoms with Gasteiger partial charge in [0.15, 0.2) is 10.8 Å². The first-order valence-electron chi connectivity index (χ1n) is 9.41. The first kappa shape index (κ1) is 19.1. The predicted molar refractivity (Wildman–Crippen MR) is 119 cm³/mol. The summed E-state index contributed by atoms with van der Waals surface area (Å²) in [5, 5.41) is 8.39. The fourth-order valence-corrected chi connectivity index (χ4v) is 4.31. The van der Waals surface area contributed by atoms with Gasteiger partial charge in [-0.2, -0.15) is 10.1 Å². The van der Waals surface area contributed by atoms with Crippen LogP contribution >= 0.6 is 11.3 Å². The Morgan fingerprint density at radius 2 is 1.79 bits per heavy atom. The summed E-state index contributed by atoms with van der Waals surface area (Å²) in [6.45, 7) is 6.25. The van der Waals surface area contributed by atoms with E-state index >= 15 is 0 Å². The molecule has 2 aromatic heterocycles. The summed E-state index contributed by atoms with van der Waals surface area (Å²) in [6, 6.07) is 16.0. The highest BCUT2D eigenvalue weighted by Crippen LogP contribution is 2.32. The lowest BCUT2D eigenvalue weighted by Crippen LogP contribution is -2.30. The van der Waals surface area contributed by atoms with Gasteiger partial charge in [0.25, 0.3) is 0 Å². The van der Waals surface area contributed by atoms with Crippen molar-refractivity contribution >= 4 is 38.4 Å². The molecule has 1 amide bonds. The molecule has 0 bridgehead atoms. The zero-order valence-electron chi connectivity index (χ0n) is 16.9. The van der Waals surface area contributed by atoms with Crippen molar-refractivity contribution in [2.24, 2.45) is 0 Å². The molecule has 0 saturated heterocycles. The van der Waals surface area contributed by atoms with E-state index in [0.29, 0.717) is 0 Å². The van der Waals surface area contributed by atoms with E-state index in [-0.39, 0.29) is 12.5 Å². The molecule has 0 saturated carbocycles. The third kappa shape index (κ3) is 4.00. The van der Waals surface area contributed by atoms with Crippen LogP contribution in [0.3, 0.4) is 0 Å². The molecule has 0 atom stereocenters. The average Bonchev–Trinajstić information content (AvgIpc) is 3.22. The molecule has 148 valence electrons. The number of carbonyl (C=O) groups excluding carboxylic acids is 1. The Morgan fingerprint density at radius 3 is 2.48 bits per heavy atom. The van der Waals surface area contributed by atoms with E-state index < -0.39 is 0 Å². The first-order valence-corrected chi connectivity index (χ1v) is 10.2. The maximum absolute atomic E-state index is 12.5. The zero-order valence-corrected chi connectivity index (χ0v) is 17.7. The average molecular weight is 406 g/mol. The molecule has 0 fully saturated rings. The number of anilines is 2. The number of para-hydroxylation sites is 1. The van der Waals surface area contributed by atoms with Crippen molar-refractivity contribution in [1.29, 1.82) is 0 Å². The van der Waals surface area contributed by atoms with Crippen molar-refractivity contribution in [2.75, 3.05) is 23.8 Å². The van der Waals surface area contributed by atoms with Gasteiger partial charge in [0, 0.05) is 12.7 Å².